The van der Waals surface area contributed by atoms with Gasteiger partial charge in [0.15, 0.2) is 0 Å². The minimum Gasteiger partial charge on any atom is -0.305 e. The third-order valence-corrected chi connectivity index (χ3v) is 4.34. The van der Waals surface area contributed by atoms with E-state index in [9.17, 15) is 0 Å². The molecule has 1 atom stereocenters. The van der Waals surface area contributed by atoms with Crippen molar-refractivity contribution >= 4 is 31.9 Å². The van der Waals surface area contributed by atoms with E-state index in [1.165, 1.54) is 11.3 Å². The highest BCUT2D eigenvalue weighted by Crippen LogP contribution is 2.30. The maximum Gasteiger partial charge on any atom is 0.0759 e. The molecule has 0 spiro atoms. The average molecular weight is 401 g/mol. The van der Waals surface area contributed by atoms with Gasteiger partial charge in [-0.25, -0.2) is 0 Å². The van der Waals surface area contributed by atoms with Crippen LogP contribution in [-0.2, 0) is 6.54 Å². The number of nitrogens with zero attached hydrogens (tertiary/aromatic N) is 2. The molecule has 0 aliphatic carbocycles. The van der Waals surface area contributed by atoms with Crippen molar-refractivity contribution in [3.8, 4) is 0 Å². The van der Waals surface area contributed by atoms with Gasteiger partial charge in [-0.2, -0.15) is 5.10 Å². The van der Waals surface area contributed by atoms with Crippen molar-refractivity contribution in [3.63, 3.8) is 0 Å². The molecule has 1 N–H and O–H groups in total. The highest BCUT2D eigenvalue weighted by atomic mass is 79.9. The van der Waals surface area contributed by atoms with Crippen molar-refractivity contribution < 1.29 is 0 Å². The molecule has 0 amide bonds. The van der Waals surface area contributed by atoms with E-state index in [0.29, 0.717) is 0 Å². The van der Waals surface area contributed by atoms with E-state index in [-0.39, 0.29) is 6.04 Å². The SMILES string of the molecule is CCCn1nccc1C(NCC)c1ccc(Br)cc1Br. The van der Waals surface area contributed by atoms with Crippen molar-refractivity contribution in [3.05, 3.63) is 50.7 Å². The fourth-order valence-corrected chi connectivity index (χ4v) is 3.58. The lowest BCUT2D eigenvalue weighted by molar-refractivity contribution is 0.519. The Kier molecular flexibility index (Phi) is 5.81. The lowest BCUT2D eigenvalue weighted by atomic mass is 10.0. The fourth-order valence-electron chi connectivity index (χ4n) is 2.30. The van der Waals surface area contributed by atoms with Gasteiger partial charge in [-0.05, 0) is 36.7 Å². The van der Waals surface area contributed by atoms with Crippen LogP contribution in [0.25, 0.3) is 0 Å². The minimum atomic E-state index is 0.150. The van der Waals surface area contributed by atoms with E-state index in [2.05, 4.69) is 85.1 Å². The summed E-state index contributed by atoms with van der Waals surface area (Å²) in [4.78, 5) is 0. The summed E-state index contributed by atoms with van der Waals surface area (Å²) in [6.07, 6.45) is 2.96. The molecule has 0 aliphatic heterocycles. The maximum atomic E-state index is 4.43. The van der Waals surface area contributed by atoms with E-state index in [1.54, 1.807) is 0 Å². The van der Waals surface area contributed by atoms with Crippen molar-refractivity contribution in [1.82, 2.24) is 15.1 Å². The van der Waals surface area contributed by atoms with Crippen LogP contribution in [0.5, 0.6) is 0 Å². The highest BCUT2D eigenvalue weighted by Gasteiger charge is 2.19. The number of hydrogen-bond acceptors (Lipinski definition) is 2. The van der Waals surface area contributed by atoms with Crippen LogP contribution in [-0.4, -0.2) is 16.3 Å². The number of aromatic nitrogens is 2. The molecule has 1 aromatic carbocycles. The van der Waals surface area contributed by atoms with Gasteiger partial charge in [0.1, 0.15) is 0 Å². The van der Waals surface area contributed by atoms with Crippen LogP contribution in [0.2, 0.25) is 0 Å². The molecular formula is C15H19Br2N3. The van der Waals surface area contributed by atoms with Crippen LogP contribution in [0.15, 0.2) is 39.4 Å². The van der Waals surface area contributed by atoms with Crippen molar-refractivity contribution in [2.24, 2.45) is 0 Å². The van der Waals surface area contributed by atoms with Gasteiger partial charge in [-0.1, -0.05) is 51.8 Å². The molecular weight excluding hydrogens is 382 g/mol. The highest BCUT2D eigenvalue weighted by molar-refractivity contribution is 9.11. The Hall–Kier alpha value is -0.650. The van der Waals surface area contributed by atoms with Crippen LogP contribution in [0.1, 0.15) is 37.6 Å². The number of benzene rings is 1. The average Bonchev–Trinajstić information content (AvgIpc) is 2.85. The molecule has 3 nitrogen and oxygen atoms in total. The molecule has 0 saturated carbocycles. The van der Waals surface area contributed by atoms with Crippen LogP contribution < -0.4 is 5.32 Å². The third kappa shape index (κ3) is 3.51. The standard InChI is InChI=1S/C15H19Br2N3/c1-3-9-20-14(7-8-19-20)15(18-4-2)12-6-5-11(16)10-13(12)17/h5-8,10,15,18H,3-4,9H2,1-2H3. The summed E-state index contributed by atoms with van der Waals surface area (Å²) in [5.41, 5.74) is 2.43. The van der Waals surface area contributed by atoms with Gasteiger partial charge in [0.05, 0.1) is 11.7 Å². The van der Waals surface area contributed by atoms with E-state index in [4.69, 9.17) is 0 Å². The van der Waals surface area contributed by atoms with Gasteiger partial charge in [0.25, 0.3) is 0 Å². The lowest BCUT2D eigenvalue weighted by Gasteiger charge is -2.21. The normalized spacial score (nSPS) is 12.6. The Bertz CT molecular complexity index is 566. The Morgan fingerprint density at radius 2 is 2.05 bits per heavy atom. The molecule has 0 aliphatic rings. The van der Waals surface area contributed by atoms with E-state index in [1.807, 2.05) is 6.20 Å². The number of hydrogen-bond donors (Lipinski definition) is 1. The molecule has 0 fully saturated rings. The zero-order valence-electron chi connectivity index (χ0n) is 11.7. The van der Waals surface area contributed by atoms with Gasteiger partial charge in [-0.3, -0.25) is 4.68 Å². The summed E-state index contributed by atoms with van der Waals surface area (Å²) in [7, 11) is 0. The summed E-state index contributed by atoms with van der Waals surface area (Å²) < 4.78 is 4.26. The zero-order valence-corrected chi connectivity index (χ0v) is 14.9. The number of aryl methyl sites for hydroxylation is 1. The first-order valence-corrected chi connectivity index (χ1v) is 8.46. The first kappa shape index (κ1) is 15.7. The van der Waals surface area contributed by atoms with Gasteiger partial charge in [0, 0.05) is 21.7 Å². The topological polar surface area (TPSA) is 29.9 Å². The molecule has 2 rings (SSSR count). The molecule has 1 aromatic heterocycles. The Labute approximate surface area is 137 Å². The van der Waals surface area contributed by atoms with Gasteiger partial charge >= 0.3 is 0 Å². The van der Waals surface area contributed by atoms with Crippen molar-refractivity contribution in [2.75, 3.05) is 6.54 Å². The molecule has 0 saturated heterocycles. The Balaban J connectivity index is 2.42. The van der Waals surface area contributed by atoms with Gasteiger partial charge in [0.2, 0.25) is 0 Å². The summed E-state index contributed by atoms with van der Waals surface area (Å²) >= 11 is 7.17. The van der Waals surface area contributed by atoms with Crippen molar-refractivity contribution in [1.29, 1.82) is 0 Å². The molecule has 2 aromatic rings. The Morgan fingerprint density at radius 3 is 2.70 bits per heavy atom. The van der Waals surface area contributed by atoms with Crippen LogP contribution in [0.3, 0.4) is 0 Å². The van der Waals surface area contributed by atoms with Crippen LogP contribution >= 0.6 is 31.9 Å². The lowest BCUT2D eigenvalue weighted by Crippen LogP contribution is -2.25. The molecule has 108 valence electrons. The molecule has 1 heterocycles. The zero-order chi connectivity index (χ0) is 14.5. The Morgan fingerprint density at radius 1 is 1.25 bits per heavy atom. The smallest absolute Gasteiger partial charge is 0.0759 e. The minimum absolute atomic E-state index is 0.150. The van der Waals surface area contributed by atoms with Gasteiger partial charge < -0.3 is 5.32 Å². The first-order chi connectivity index (χ1) is 9.67. The molecule has 0 bridgehead atoms. The number of nitrogens with one attached hydrogen (secondary N) is 1. The molecule has 20 heavy (non-hydrogen) atoms. The molecule has 5 heteroatoms. The van der Waals surface area contributed by atoms with Gasteiger partial charge in [-0.15, -0.1) is 0 Å². The first-order valence-electron chi connectivity index (χ1n) is 6.87. The fraction of sp³-hybridized carbons (Fsp3) is 0.400. The number of rotatable bonds is 6. The summed E-state index contributed by atoms with van der Waals surface area (Å²) in [5, 5.41) is 7.99. The maximum absolute atomic E-state index is 4.43. The number of halogens is 2. The quantitative estimate of drug-likeness (QED) is 0.772. The molecule has 0 radical (unpaired) electrons. The van der Waals surface area contributed by atoms with E-state index >= 15 is 0 Å². The van der Waals surface area contributed by atoms with Crippen LogP contribution in [0, 0.1) is 0 Å². The predicted octanol–water partition coefficient (Wildman–Crippen LogP) is 4.52. The summed E-state index contributed by atoms with van der Waals surface area (Å²) in [6, 6.07) is 8.55. The second kappa shape index (κ2) is 7.38. The molecule has 1 unspecified atom stereocenters. The second-order valence-electron chi connectivity index (χ2n) is 4.64. The predicted molar refractivity (Wildman–Crippen MR) is 89.9 cm³/mol. The van der Waals surface area contributed by atoms with E-state index < -0.39 is 0 Å². The van der Waals surface area contributed by atoms with Crippen LogP contribution in [0.4, 0.5) is 0 Å². The summed E-state index contributed by atoms with van der Waals surface area (Å²) in [6.45, 7) is 6.15. The van der Waals surface area contributed by atoms with E-state index in [0.717, 1.165) is 28.5 Å². The largest absolute Gasteiger partial charge is 0.305 e. The summed E-state index contributed by atoms with van der Waals surface area (Å²) in [5.74, 6) is 0. The van der Waals surface area contributed by atoms with Crippen molar-refractivity contribution in [2.45, 2.75) is 32.9 Å². The third-order valence-electron chi connectivity index (χ3n) is 3.16. The monoisotopic (exact) mass is 399 g/mol. The second-order valence-corrected chi connectivity index (χ2v) is 6.41.